The number of unbranched alkanes of at least 4 members (excludes halogenated alkanes) is 20. The van der Waals surface area contributed by atoms with Gasteiger partial charge in [-0.15, -0.1) is 0 Å². The first-order valence-corrected chi connectivity index (χ1v) is 37.9. The van der Waals surface area contributed by atoms with Crippen LogP contribution in [0, 0.1) is 0 Å². The van der Waals surface area contributed by atoms with Crippen molar-refractivity contribution >= 4 is 38.4 Å². The van der Waals surface area contributed by atoms with Crippen molar-refractivity contribution in [2.24, 2.45) is 0 Å². The molecule has 0 saturated heterocycles. The Morgan fingerprint density at radius 1 is 0.333 bits per heavy atom. The van der Waals surface area contributed by atoms with Crippen LogP contribution in [0.4, 0.5) is 0 Å². The molecule has 0 radical (unpaired) electrons. The van der Waals surface area contributed by atoms with Gasteiger partial charge in [0.05, 0.1) is 0 Å². The summed E-state index contributed by atoms with van der Waals surface area (Å²) in [6, 6.07) is 13.8. The summed E-state index contributed by atoms with van der Waals surface area (Å²) in [5.74, 6) is 2.32. The first kappa shape index (κ1) is 52.7. The number of hydrogen-bond donors (Lipinski definition) is 0. The number of aryl methyl sites for hydroxylation is 2. The summed E-state index contributed by atoms with van der Waals surface area (Å²) in [4.78, 5) is 0. The fourth-order valence-electron chi connectivity index (χ4n) is 9.02. The first-order valence-electron chi connectivity index (χ1n) is 25.2. The van der Waals surface area contributed by atoms with E-state index in [9.17, 15) is 0 Å². The second-order valence-electron chi connectivity index (χ2n) is 17.4. The Bertz CT molecular complexity index is 1130. The van der Waals surface area contributed by atoms with Crippen molar-refractivity contribution in [1.82, 2.24) is 0 Å². The molecular weight excluding hydrogens is 910 g/mol. The standard InChI is InChI=1S/2C10H14O.4C8H17.O.2Sn/c2*1-3-8-6-5-7-10(11)9(8)4-2;4*1-3-5-7-8-6-4-2;;;/h2*5-7,11H,3-4H2,1-2H3;4*1,3-8H2,2H3;;;/q;;;;;;;2*+1/p-2. The van der Waals surface area contributed by atoms with E-state index in [-0.39, 0.29) is 0 Å². The van der Waals surface area contributed by atoms with Gasteiger partial charge in [-0.05, 0) is 0 Å². The zero-order chi connectivity index (χ0) is 41.5. The Balaban J connectivity index is 2.78. The van der Waals surface area contributed by atoms with Crippen molar-refractivity contribution in [3.05, 3.63) is 58.7 Å². The molecule has 0 heterocycles. The molecule has 5 heteroatoms. The van der Waals surface area contributed by atoms with E-state index in [1.54, 1.807) is 0 Å². The quantitative estimate of drug-likeness (QED) is 0.0496. The molecule has 0 atom stereocenters. The molecule has 0 saturated carbocycles. The van der Waals surface area contributed by atoms with Crippen LogP contribution in [-0.2, 0) is 27.1 Å². The Morgan fingerprint density at radius 3 is 0.877 bits per heavy atom. The van der Waals surface area contributed by atoms with Crippen LogP contribution in [-0.4, -0.2) is 38.4 Å². The van der Waals surface area contributed by atoms with Crippen molar-refractivity contribution in [1.29, 1.82) is 0 Å². The molecule has 328 valence electrons. The van der Waals surface area contributed by atoms with Gasteiger partial charge in [-0.25, -0.2) is 0 Å². The zero-order valence-electron chi connectivity index (χ0n) is 39.3. The molecule has 57 heavy (non-hydrogen) atoms. The molecule has 0 unspecified atom stereocenters. The van der Waals surface area contributed by atoms with Gasteiger partial charge in [0.15, 0.2) is 0 Å². The Labute approximate surface area is 366 Å². The predicted molar refractivity (Wildman–Crippen MR) is 257 cm³/mol. The predicted octanol–water partition coefficient (Wildman–Crippen LogP) is 17.7. The van der Waals surface area contributed by atoms with Crippen LogP contribution in [0.3, 0.4) is 0 Å². The second kappa shape index (κ2) is 33.3. The summed E-state index contributed by atoms with van der Waals surface area (Å²) in [5, 5.41) is 0. The molecule has 0 aromatic heterocycles. The molecule has 3 nitrogen and oxygen atoms in total. The van der Waals surface area contributed by atoms with Crippen LogP contribution in [0.25, 0.3) is 0 Å². The molecule has 0 amide bonds. The van der Waals surface area contributed by atoms with Gasteiger partial charge < -0.3 is 0 Å². The molecule has 0 aliphatic heterocycles. The third kappa shape index (κ3) is 20.8. The normalized spacial score (nSPS) is 12.1. The van der Waals surface area contributed by atoms with Crippen molar-refractivity contribution < 1.29 is 7.56 Å². The zero-order valence-corrected chi connectivity index (χ0v) is 45.0. The Kier molecular flexibility index (Phi) is 30.8. The molecule has 0 spiro atoms. The first-order chi connectivity index (χ1) is 27.9. The van der Waals surface area contributed by atoms with Gasteiger partial charge >= 0.3 is 369 Å². The summed E-state index contributed by atoms with van der Waals surface area (Å²) in [6.45, 7) is 18.6. The molecular formula is C52H94O3Sn2. The van der Waals surface area contributed by atoms with Crippen LogP contribution >= 0.6 is 0 Å². The maximum absolute atomic E-state index is 8.47. The third-order valence-electron chi connectivity index (χ3n) is 12.5. The molecule has 2 aromatic carbocycles. The average Bonchev–Trinajstić information content (AvgIpc) is 3.22. The minimum absolute atomic E-state index is 1.01. The van der Waals surface area contributed by atoms with Crippen molar-refractivity contribution in [2.45, 2.75) is 253 Å². The molecule has 0 aliphatic rings. The van der Waals surface area contributed by atoms with Crippen LogP contribution in [0.15, 0.2) is 36.4 Å². The van der Waals surface area contributed by atoms with E-state index >= 15 is 0 Å². The van der Waals surface area contributed by atoms with Crippen LogP contribution in [0.5, 0.6) is 11.5 Å². The average molecular weight is 1000 g/mol. The van der Waals surface area contributed by atoms with Gasteiger partial charge in [0.25, 0.3) is 0 Å². The number of benzene rings is 2. The van der Waals surface area contributed by atoms with Crippen molar-refractivity contribution in [3.63, 3.8) is 0 Å². The van der Waals surface area contributed by atoms with Crippen LogP contribution < -0.4 is 6.15 Å². The van der Waals surface area contributed by atoms with E-state index < -0.39 is 38.4 Å². The molecule has 0 fully saturated rings. The van der Waals surface area contributed by atoms with Crippen molar-refractivity contribution in [3.8, 4) is 11.5 Å². The molecule has 0 N–H and O–H groups in total. The number of hydrogen-bond acceptors (Lipinski definition) is 3. The number of rotatable bonds is 38. The summed E-state index contributed by atoms with van der Waals surface area (Å²) < 4.78 is 28.9. The van der Waals surface area contributed by atoms with Gasteiger partial charge in [0, 0.05) is 0 Å². The molecule has 0 bridgehead atoms. The summed E-state index contributed by atoms with van der Waals surface area (Å²) in [7, 11) is 0. The molecule has 2 rings (SSSR count). The van der Waals surface area contributed by atoms with E-state index in [1.165, 1.54) is 194 Å². The Hall–Kier alpha value is -0.403. The Morgan fingerprint density at radius 2 is 0.614 bits per heavy atom. The topological polar surface area (TPSA) is 27.7 Å². The molecule has 2 aromatic rings. The van der Waals surface area contributed by atoms with E-state index in [1.807, 2.05) is 0 Å². The summed E-state index contributed by atoms with van der Waals surface area (Å²) in [5.41, 5.74) is 5.74. The van der Waals surface area contributed by atoms with Crippen LogP contribution in [0.2, 0.25) is 17.7 Å². The van der Waals surface area contributed by atoms with E-state index in [4.69, 9.17) is 7.56 Å². The monoisotopic (exact) mass is 1010 g/mol. The maximum atomic E-state index is 8.47. The van der Waals surface area contributed by atoms with Gasteiger partial charge in [0.2, 0.25) is 0 Å². The fourth-order valence-corrected chi connectivity index (χ4v) is 49.7. The van der Waals surface area contributed by atoms with Crippen LogP contribution in [0.1, 0.15) is 232 Å². The van der Waals surface area contributed by atoms with E-state index in [2.05, 4.69) is 91.8 Å². The summed E-state index contributed by atoms with van der Waals surface area (Å²) in [6.07, 6.45) is 35.6. The SMILES string of the molecule is CCCCCCC[CH2][Sn]([CH2]CCCCCCC)([O]c1cccc(CC)c1CC)[O][Sn]([CH2]CCCCCCC)([CH2]CCCCCCC)[O]c1cccc(CC)c1CC. The van der Waals surface area contributed by atoms with E-state index in [0.29, 0.717) is 0 Å². The van der Waals surface area contributed by atoms with Gasteiger partial charge in [-0.2, -0.15) is 0 Å². The fraction of sp³-hybridized carbons (Fsp3) is 0.769. The summed E-state index contributed by atoms with van der Waals surface area (Å²) >= 11 is -7.75. The van der Waals surface area contributed by atoms with Gasteiger partial charge in [-0.1, -0.05) is 0 Å². The minimum atomic E-state index is -3.88. The third-order valence-corrected chi connectivity index (χ3v) is 45.0. The molecule has 0 aliphatic carbocycles. The van der Waals surface area contributed by atoms with Crippen molar-refractivity contribution in [2.75, 3.05) is 0 Å². The van der Waals surface area contributed by atoms with Gasteiger partial charge in [0.1, 0.15) is 0 Å². The van der Waals surface area contributed by atoms with E-state index in [0.717, 1.165) is 37.2 Å². The second-order valence-corrected chi connectivity index (χ2v) is 39.2. The van der Waals surface area contributed by atoms with Gasteiger partial charge in [-0.3, -0.25) is 0 Å².